The van der Waals surface area contributed by atoms with Crippen LogP contribution >= 0.6 is 0 Å². The van der Waals surface area contributed by atoms with E-state index < -0.39 is 12.1 Å². The summed E-state index contributed by atoms with van der Waals surface area (Å²) in [6, 6.07) is 34.0. The molecule has 0 fully saturated rings. The van der Waals surface area contributed by atoms with Crippen LogP contribution in [-0.2, 0) is 32.3 Å². The second-order valence-corrected chi connectivity index (χ2v) is 9.49. The molecule has 1 atom stereocenters. The van der Waals surface area contributed by atoms with E-state index in [2.05, 4.69) is 4.74 Å². The van der Waals surface area contributed by atoms with Gasteiger partial charge in [-0.1, -0.05) is 79.7 Å². The molecule has 8 heteroatoms. The van der Waals surface area contributed by atoms with Crippen molar-refractivity contribution < 1.29 is 38.4 Å². The Kier molecular flexibility index (Phi) is 17.5. The summed E-state index contributed by atoms with van der Waals surface area (Å²) < 4.78 is 20.6. The minimum atomic E-state index is -0.859. The summed E-state index contributed by atoms with van der Waals surface area (Å²) in [6.07, 6.45) is 0.398. The third-order valence-electron chi connectivity index (χ3n) is 6.04. The summed E-state index contributed by atoms with van der Waals surface area (Å²) in [7, 11) is 0. The minimum absolute atomic E-state index is 0.0436. The molecular weight excluding hydrogens is 572 g/mol. The Morgan fingerprint density at radius 3 is 1.49 bits per heavy atom. The van der Waals surface area contributed by atoms with E-state index in [0.717, 1.165) is 28.9 Å². The molecule has 4 rings (SSSR count). The molecule has 4 aromatic carbocycles. The fraction of sp³-hybridized carbons (Fsp3) is 0.270. The Hall–Kier alpha value is -4.95. The molecule has 0 spiro atoms. The summed E-state index contributed by atoms with van der Waals surface area (Å²) >= 11 is 0. The first-order valence-electron chi connectivity index (χ1n) is 14.9. The Balaban J connectivity index is 0.000000267. The van der Waals surface area contributed by atoms with Gasteiger partial charge in [0.2, 0.25) is 0 Å². The van der Waals surface area contributed by atoms with Crippen molar-refractivity contribution in [2.24, 2.45) is 0 Å². The second-order valence-electron chi connectivity index (χ2n) is 9.49. The molecule has 0 aromatic heterocycles. The zero-order valence-electron chi connectivity index (χ0n) is 26.1. The number of carbonyl (C=O) groups excluding carboxylic acids is 3. The predicted molar refractivity (Wildman–Crippen MR) is 173 cm³/mol. The van der Waals surface area contributed by atoms with Crippen LogP contribution in [0.5, 0.6) is 11.5 Å². The van der Waals surface area contributed by atoms with E-state index in [4.69, 9.17) is 14.2 Å². The van der Waals surface area contributed by atoms with Gasteiger partial charge in [-0.3, -0.25) is 14.4 Å². The number of hydrogen-bond donors (Lipinski definition) is 1. The Labute approximate surface area is 265 Å². The molecular formula is C37H42O8. The van der Waals surface area contributed by atoms with Crippen LogP contribution in [0.3, 0.4) is 0 Å². The van der Waals surface area contributed by atoms with Crippen molar-refractivity contribution >= 4 is 18.2 Å². The van der Waals surface area contributed by atoms with E-state index in [1.165, 1.54) is 0 Å². The van der Waals surface area contributed by atoms with Gasteiger partial charge in [0.1, 0.15) is 31.0 Å². The number of esters is 2. The second kappa shape index (κ2) is 21.7. The summed E-state index contributed by atoms with van der Waals surface area (Å²) in [5.74, 6) is 0.965. The first-order valence-corrected chi connectivity index (χ1v) is 14.9. The van der Waals surface area contributed by atoms with E-state index in [1.807, 2.05) is 60.7 Å². The van der Waals surface area contributed by atoms with Gasteiger partial charge >= 0.3 is 11.9 Å². The van der Waals surface area contributed by atoms with E-state index in [9.17, 15) is 19.5 Å². The number of hydrogen-bond acceptors (Lipinski definition) is 8. The van der Waals surface area contributed by atoms with Gasteiger partial charge in [-0.15, -0.1) is 0 Å². The lowest BCUT2D eigenvalue weighted by atomic mass is 10.1. The van der Waals surface area contributed by atoms with Crippen molar-refractivity contribution in [2.45, 2.75) is 52.9 Å². The molecule has 8 nitrogen and oxygen atoms in total. The number of rotatable bonds is 13. The fourth-order valence-electron chi connectivity index (χ4n) is 3.67. The maximum atomic E-state index is 11.3. The summed E-state index contributed by atoms with van der Waals surface area (Å²) in [6.45, 7) is 7.16. The number of aldehydes is 1. The molecule has 238 valence electrons. The normalized spacial score (nSPS) is 10.5. The molecule has 0 aliphatic rings. The third-order valence-corrected chi connectivity index (χ3v) is 6.04. The lowest BCUT2D eigenvalue weighted by Crippen LogP contribution is -2.10. The standard InChI is InChI=1S/C18H20O4.C14H12O2.C5H10O2/c1-2-21-18(20)12-17(19)15-8-10-16(11-9-15)22-13-14-6-4-3-5-7-14;15-10-12-6-8-14(9-7-12)16-11-13-4-2-1-3-5-13;1-3-5(6)7-4-2/h3-11,17,19H,2,12-13H2,1H3;1-10H,11H2;3-4H2,1-2H3. The van der Waals surface area contributed by atoms with Crippen LogP contribution in [-0.4, -0.2) is 36.5 Å². The molecule has 0 heterocycles. The van der Waals surface area contributed by atoms with Crippen LogP contribution in [0.25, 0.3) is 0 Å². The molecule has 0 saturated carbocycles. The van der Waals surface area contributed by atoms with Gasteiger partial charge < -0.3 is 24.1 Å². The average Bonchev–Trinajstić information content (AvgIpc) is 3.08. The van der Waals surface area contributed by atoms with Gasteiger partial charge in [0.25, 0.3) is 0 Å². The lowest BCUT2D eigenvalue weighted by molar-refractivity contribution is -0.145. The van der Waals surface area contributed by atoms with Crippen LogP contribution in [0, 0.1) is 0 Å². The fourth-order valence-corrected chi connectivity index (χ4v) is 3.67. The van der Waals surface area contributed by atoms with Crippen molar-refractivity contribution in [3.8, 4) is 11.5 Å². The molecule has 0 saturated heterocycles. The molecule has 0 aliphatic carbocycles. The van der Waals surface area contributed by atoms with Crippen molar-refractivity contribution in [2.75, 3.05) is 13.2 Å². The molecule has 1 N–H and O–H groups in total. The lowest BCUT2D eigenvalue weighted by Gasteiger charge is -2.11. The van der Waals surface area contributed by atoms with Gasteiger partial charge in [-0.2, -0.15) is 0 Å². The zero-order valence-corrected chi connectivity index (χ0v) is 26.1. The first-order chi connectivity index (χ1) is 21.9. The van der Waals surface area contributed by atoms with Crippen LogP contribution in [0.2, 0.25) is 0 Å². The number of carbonyl (C=O) groups is 3. The van der Waals surface area contributed by atoms with Gasteiger partial charge in [-0.25, -0.2) is 0 Å². The van der Waals surface area contributed by atoms with E-state index in [-0.39, 0.29) is 12.4 Å². The maximum absolute atomic E-state index is 11.3. The van der Waals surface area contributed by atoms with Crippen LogP contribution in [0.4, 0.5) is 0 Å². The van der Waals surface area contributed by atoms with E-state index in [0.29, 0.717) is 44.0 Å². The number of ether oxygens (including phenoxy) is 4. The Morgan fingerprint density at radius 2 is 1.09 bits per heavy atom. The van der Waals surface area contributed by atoms with Gasteiger partial charge in [-0.05, 0) is 66.9 Å². The Morgan fingerprint density at radius 1 is 0.644 bits per heavy atom. The first kappa shape index (κ1) is 36.2. The highest BCUT2D eigenvalue weighted by Crippen LogP contribution is 2.21. The number of benzene rings is 4. The summed E-state index contributed by atoms with van der Waals surface area (Å²) in [5.41, 5.74) is 3.54. The van der Waals surface area contributed by atoms with Gasteiger partial charge in [0.05, 0.1) is 25.7 Å². The van der Waals surface area contributed by atoms with Crippen molar-refractivity contribution in [3.05, 3.63) is 131 Å². The van der Waals surface area contributed by atoms with E-state index >= 15 is 0 Å². The Bertz CT molecular complexity index is 1370. The highest BCUT2D eigenvalue weighted by atomic mass is 16.5. The van der Waals surface area contributed by atoms with Crippen LogP contribution < -0.4 is 9.47 Å². The van der Waals surface area contributed by atoms with Gasteiger partial charge in [0, 0.05) is 12.0 Å². The number of aliphatic hydroxyl groups is 1. The zero-order chi connectivity index (χ0) is 32.7. The van der Waals surface area contributed by atoms with Crippen LogP contribution in [0.15, 0.2) is 109 Å². The SMILES string of the molecule is CCOC(=O)CC.CCOC(=O)CC(O)c1ccc(OCc2ccccc2)cc1.O=Cc1ccc(OCc2ccccc2)cc1. The van der Waals surface area contributed by atoms with Crippen molar-refractivity contribution in [1.29, 1.82) is 0 Å². The van der Waals surface area contributed by atoms with Crippen molar-refractivity contribution in [3.63, 3.8) is 0 Å². The molecule has 45 heavy (non-hydrogen) atoms. The third kappa shape index (κ3) is 15.4. The largest absolute Gasteiger partial charge is 0.489 e. The maximum Gasteiger partial charge on any atom is 0.308 e. The molecule has 4 aromatic rings. The molecule has 1 unspecified atom stereocenters. The molecule has 0 radical (unpaired) electrons. The molecule has 0 amide bonds. The smallest absolute Gasteiger partial charge is 0.308 e. The number of aliphatic hydroxyl groups excluding tert-OH is 1. The highest BCUT2D eigenvalue weighted by molar-refractivity contribution is 5.74. The molecule has 0 aliphatic heterocycles. The quantitative estimate of drug-likeness (QED) is 0.124. The van der Waals surface area contributed by atoms with Gasteiger partial charge in [0.15, 0.2) is 0 Å². The van der Waals surface area contributed by atoms with Crippen LogP contribution in [0.1, 0.15) is 66.8 Å². The molecule has 0 bridgehead atoms. The topological polar surface area (TPSA) is 108 Å². The van der Waals surface area contributed by atoms with Crippen molar-refractivity contribution in [1.82, 2.24) is 0 Å². The summed E-state index contributed by atoms with van der Waals surface area (Å²) in [4.78, 5) is 32.0. The predicted octanol–water partition coefficient (Wildman–Crippen LogP) is 7.29. The average molecular weight is 615 g/mol. The minimum Gasteiger partial charge on any atom is -0.489 e. The van der Waals surface area contributed by atoms with E-state index in [1.54, 1.807) is 69.3 Å². The summed E-state index contributed by atoms with van der Waals surface area (Å²) in [5, 5.41) is 9.97. The monoisotopic (exact) mass is 614 g/mol. The highest BCUT2D eigenvalue weighted by Gasteiger charge is 2.13.